The van der Waals surface area contributed by atoms with Crippen molar-refractivity contribution in [2.45, 2.75) is 25.9 Å². The molecule has 1 atom stereocenters. The van der Waals surface area contributed by atoms with Crippen molar-refractivity contribution in [3.8, 4) is 5.75 Å². The highest BCUT2D eigenvalue weighted by atomic mass is 16.5. The lowest BCUT2D eigenvalue weighted by molar-refractivity contribution is 0.0586. The Balaban J connectivity index is 1.64. The van der Waals surface area contributed by atoms with E-state index in [1.54, 1.807) is 19.2 Å². The highest BCUT2D eigenvalue weighted by Gasteiger charge is 2.31. The summed E-state index contributed by atoms with van der Waals surface area (Å²) in [4.78, 5) is 17.6. The van der Waals surface area contributed by atoms with Gasteiger partial charge in [0.15, 0.2) is 11.5 Å². The van der Waals surface area contributed by atoms with Gasteiger partial charge in [-0.25, -0.2) is 0 Å². The molecule has 3 aromatic rings. The van der Waals surface area contributed by atoms with Gasteiger partial charge in [0, 0.05) is 43.6 Å². The number of hydrogen-bond donors (Lipinski definition) is 1. The van der Waals surface area contributed by atoms with Crippen LogP contribution in [-0.2, 0) is 0 Å². The summed E-state index contributed by atoms with van der Waals surface area (Å²) in [6, 6.07) is 11.4. The zero-order chi connectivity index (χ0) is 21.3. The molecule has 1 amide bonds. The first-order valence-corrected chi connectivity index (χ1v) is 10.2. The Morgan fingerprint density at radius 1 is 1.20 bits per heavy atom. The predicted octanol–water partition coefficient (Wildman–Crippen LogP) is 2.69. The van der Waals surface area contributed by atoms with E-state index >= 15 is 0 Å². The lowest BCUT2D eigenvalue weighted by atomic mass is 10.1. The van der Waals surface area contributed by atoms with Crippen LogP contribution in [0, 0.1) is 0 Å². The van der Waals surface area contributed by atoms with Gasteiger partial charge in [-0.1, -0.05) is 6.07 Å². The number of fused-ring (bicyclic) bond motifs is 1. The first kappa shape index (κ1) is 20.3. The molecule has 0 saturated carbocycles. The average Bonchev–Trinajstić information content (AvgIpc) is 3.16. The molecular formula is C22H28N6O2. The molecular weight excluding hydrogens is 380 g/mol. The topological polar surface area (TPSA) is 75.0 Å². The van der Waals surface area contributed by atoms with Crippen molar-refractivity contribution < 1.29 is 9.53 Å². The summed E-state index contributed by atoms with van der Waals surface area (Å²) in [6.45, 7) is 7.28. The molecule has 8 nitrogen and oxygen atoms in total. The number of benzene rings is 1. The maximum absolute atomic E-state index is 12.9. The molecule has 0 radical (unpaired) electrons. The van der Waals surface area contributed by atoms with Crippen LogP contribution in [0.15, 0.2) is 42.6 Å². The largest absolute Gasteiger partial charge is 0.497 e. The Kier molecular flexibility index (Phi) is 5.69. The maximum atomic E-state index is 12.9. The van der Waals surface area contributed by atoms with E-state index in [0.717, 1.165) is 31.1 Å². The summed E-state index contributed by atoms with van der Waals surface area (Å²) < 4.78 is 7.17. The standard InChI is InChI=1S/C22H28N6O2/c1-15(2)27-11-10-26(3)14-19(27)21-25-24-20-9-8-16(13-28(20)21)22(29)23-17-6-5-7-18(12-17)30-4/h5-9,12-13,15,19H,10-11,14H2,1-4H3,(H,23,29)/t19-/m0/s1. The first-order chi connectivity index (χ1) is 14.5. The van der Waals surface area contributed by atoms with Crippen LogP contribution in [0.25, 0.3) is 5.65 Å². The number of amides is 1. The van der Waals surface area contributed by atoms with Gasteiger partial charge < -0.3 is 15.0 Å². The molecule has 1 aliphatic heterocycles. The fraction of sp³-hybridized carbons (Fsp3) is 0.409. The van der Waals surface area contributed by atoms with E-state index in [9.17, 15) is 4.79 Å². The van der Waals surface area contributed by atoms with Crippen LogP contribution in [0.5, 0.6) is 5.75 Å². The molecule has 0 spiro atoms. The number of nitrogens with zero attached hydrogens (tertiary/aromatic N) is 5. The van der Waals surface area contributed by atoms with Gasteiger partial charge in [-0.05, 0) is 45.2 Å². The molecule has 158 valence electrons. The number of aromatic nitrogens is 3. The maximum Gasteiger partial charge on any atom is 0.257 e. The summed E-state index contributed by atoms with van der Waals surface area (Å²) in [7, 11) is 3.73. The summed E-state index contributed by atoms with van der Waals surface area (Å²) in [5.74, 6) is 1.37. The number of hydrogen-bond acceptors (Lipinski definition) is 6. The zero-order valence-corrected chi connectivity index (χ0v) is 17.9. The van der Waals surface area contributed by atoms with E-state index in [2.05, 4.69) is 46.2 Å². The molecule has 0 unspecified atom stereocenters. The molecule has 4 rings (SSSR count). The second-order valence-electron chi connectivity index (χ2n) is 8.00. The molecule has 1 saturated heterocycles. The summed E-state index contributed by atoms with van der Waals surface area (Å²) >= 11 is 0. The van der Waals surface area contributed by atoms with Crippen molar-refractivity contribution in [1.29, 1.82) is 0 Å². The SMILES string of the molecule is COc1cccc(NC(=O)c2ccc3nnc([C@@H]4CN(C)CCN4C(C)C)n3c2)c1. The van der Waals surface area contributed by atoms with Crippen molar-refractivity contribution >= 4 is 17.2 Å². The molecule has 30 heavy (non-hydrogen) atoms. The quantitative estimate of drug-likeness (QED) is 0.700. The molecule has 0 aliphatic carbocycles. The van der Waals surface area contributed by atoms with Crippen molar-refractivity contribution in [3.63, 3.8) is 0 Å². The minimum atomic E-state index is -0.189. The number of rotatable bonds is 5. The number of anilines is 1. The Hall–Kier alpha value is -2.97. The highest BCUT2D eigenvalue weighted by molar-refractivity contribution is 6.04. The normalized spacial score (nSPS) is 18.1. The smallest absolute Gasteiger partial charge is 0.257 e. The lowest BCUT2D eigenvalue weighted by Gasteiger charge is -2.41. The highest BCUT2D eigenvalue weighted by Crippen LogP contribution is 2.26. The molecule has 2 aromatic heterocycles. The van der Waals surface area contributed by atoms with E-state index in [-0.39, 0.29) is 11.9 Å². The number of pyridine rings is 1. The molecule has 3 heterocycles. The van der Waals surface area contributed by atoms with Gasteiger partial charge >= 0.3 is 0 Å². The number of piperazine rings is 1. The third kappa shape index (κ3) is 4.01. The monoisotopic (exact) mass is 408 g/mol. The predicted molar refractivity (Wildman–Crippen MR) is 116 cm³/mol. The molecule has 1 aromatic carbocycles. The Bertz CT molecular complexity index is 1050. The van der Waals surface area contributed by atoms with Crippen LogP contribution in [0.3, 0.4) is 0 Å². The van der Waals surface area contributed by atoms with Gasteiger partial charge in [0.25, 0.3) is 5.91 Å². The van der Waals surface area contributed by atoms with Gasteiger partial charge in [0.2, 0.25) is 0 Å². The van der Waals surface area contributed by atoms with E-state index in [0.29, 0.717) is 23.0 Å². The van der Waals surface area contributed by atoms with Crippen molar-refractivity contribution in [1.82, 2.24) is 24.4 Å². The van der Waals surface area contributed by atoms with Crippen LogP contribution >= 0.6 is 0 Å². The van der Waals surface area contributed by atoms with Gasteiger partial charge in [-0.2, -0.15) is 0 Å². The number of likely N-dealkylation sites (N-methyl/N-ethyl adjacent to an activating group) is 1. The van der Waals surface area contributed by atoms with Gasteiger partial charge in [0.1, 0.15) is 5.75 Å². The fourth-order valence-corrected chi connectivity index (χ4v) is 3.96. The Labute approximate surface area is 176 Å². The van der Waals surface area contributed by atoms with E-state index < -0.39 is 0 Å². The second-order valence-corrected chi connectivity index (χ2v) is 8.00. The summed E-state index contributed by atoms with van der Waals surface area (Å²) in [5.41, 5.74) is 1.97. The molecule has 1 aliphatic rings. The number of nitrogens with one attached hydrogen (secondary N) is 1. The van der Waals surface area contributed by atoms with Crippen LogP contribution in [0.4, 0.5) is 5.69 Å². The van der Waals surface area contributed by atoms with E-state index in [1.165, 1.54) is 0 Å². The molecule has 1 fully saturated rings. The zero-order valence-electron chi connectivity index (χ0n) is 17.9. The minimum Gasteiger partial charge on any atom is -0.497 e. The number of carbonyl (C=O) groups is 1. The third-order valence-corrected chi connectivity index (χ3v) is 5.60. The fourth-order valence-electron chi connectivity index (χ4n) is 3.96. The van der Waals surface area contributed by atoms with Crippen molar-refractivity contribution in [2.75, 3.05) is 39.1 Å². The number of methoxy groups -OCH3 is 1. The summed E-state index contributed by atoms with van der Waals surface area (Å²) in [6.07, 6.45) is 1.83. The van der Waals surface area contributed by atoms with Crippen LogP contribution in [-0.4, -0.2) is 70.1 Å². The molecule has 8 heteroatoms. The van der Waals surface area contributed by atoms with E-state index in [1.807, 2.05) is 34.9 Å². The lowest BCUT2D eigenvalue weighted by Crippen LogP contribution is -2.50. The summed E-state index contributed by atoms with van der Waals surface area (Å²) in [5, 5.41) is 11.8. The van der Waals surface area contributed by atoms with Gasteiger partial charge in [0.05, 0.1) is 18.7 Å². The minimum absolute atomic E-state index is 0.121. The van der Waals surface area contributed by atoms with Gasteiger partial charge in [-0.3, -0.25) is 14.1 Å². The number of carbonyl (C=O) groups excluding carboxylic acids is 1. The van der Waals surface area contributed by atoms with E-state index in [4.69, 9.17) is 4.74 Å². The van der Waals surface area contributed by atoms with Crippen LogP contribution in [0.2, 0.25) is 0 Å². The Morgan fingerprint density at radius 3 is 2.80 bits per heavy atom. The number of ether oxygens (including phenoxy) is 1. The van der Waals surface area contributed by atoms with Gasteiger partial charge in [-0.15, -0.1) is 10.2 Å². The first-order valence-electron chi connectivity index (χ1n) is 10.2. The third-order valence-electron chi connectivity index (χ3n) is 5.60. The van der Waals surface area contributed by atoms with Crippen LogP contribution < -0.4 is 10.1 Å². The molecule has 1 N–H and O–H groups in total. The van der Waals surface area contributed by atoms with Crippen molar-refractivity contribution in [3.05, 3.63) is 54.0 Å². The average molecular weight is 409 g/mol. The van der Waals surface area contributed by atoms with Crippen molar-refractivity contribution in [2.24, 2.45) is 0 Å². The van der Waals surface area contributed by atoms with Crippen LogP contribution in [0.1, 0.15) is 36.1 Å². The molecule has 0 bridgehead atoms. The second kappa shape index (κ2) is 8.41. The Morgan fingerprint density at radius 2 is 2.03 bits per heavy atom.